The summed E-state index contributed by atoms with van der Waals surface area (Å²) < 4.78 is 24.4. The van der Waals surface area contributed by atoms with Crippen molar-refractivity contribution in [3.8, 4) is 0 Å². The zero-order chi connectivity index (χ0) is 29.5. The van der Waals surface area contributed by atoms with E-state index in [1.54, 1.807) is 60.7 Å². The van der Waals surface area contributed by atoms with Crippen molar-refractivity contribution >= 4 is 11.9 Å². The van der Waals surface area contributed by atoms with Gasteiger partial charge in [-0.15, -0.1) is 0 Å². The number of esters is 2. The van der Waals surface area contributed by atoms with E-state index in [1.807, 2.05) is 30.3 Å². The Labute approximate surface area is 240 Å². The van der Waals surface area contributed by atoms with Crippen molar-refractivity contribution in [2.45, 2.75) is 37.9 Å². The molecular formula is C31H28N2O9. The zero-order valence-corrected chi connectivity index (χ0v) is 22.4. The highest BCUT2D eigenvalue weighted by molar-refractivity contribution is 5.90. The minimum Gasteiger partial charge on any atom is -0.459 e. The number of hydrogen-bond donors (Lipinski definition) is 1. The Morgan fingerprint density at radius 1 is 0.810 bits per heavy atom. The van der Waals surface area contributed by atoms with Crippen LogP contribution in [0.25, 0.3) is 0 Å². The first kappa shape index (κ1) is 28.7. The van der Waals surface area contributed by atoms with Gasteiger partial charge in [-0.3, -0.25) is 9.36 Å². The molecule has 2 heterocycles. The molecule has 0 unspecified atom stereocenters. The number of aliphatic hydroxyl groups excluding tert-OH is 1. The van der Waals surface area contributed by atoms with Crippen LogP contribution in [0.3, 0.4) is 0 Å². The molecule has 11 nitrogen and oxygen atoms in total. The van der Waals surface area contributed by atoms with Crippen LogP contribution in [-0.4, -0.2) is 51.1 Å². The molecule has 0 amide bonds. The molecule has 216 valence electrons. The molecule has 1 aliphatic heterocycles. The van der Waals surface area contributed by atoms with Gasteiger partial charge < -0.3 is 24.1 Å². The fourth-order valence-electron chi connectivity index (χ4n) is 4.48. The molecule has 11 heteroatoms. The summed E-state index contributed by atoms with van der Waals surface area (Å²) in [5, 5.41) is 11.2. The van der Waals surface area contributed by atoms with E-state index >= 15 is 0 Å². The quantitative estimate of drug-likeness (QED) is 0.285. The van der Waals surface area contributed by atoms with Crippen LogP contribution in [0.5, 0.6) is 0 Å². The molecule has 5 rings (SSSR count). The van der Waals surface area contributed by atoms with Gasteiger partial charge in [0, 0.05) is 12.3 Å². The van der Waals surface area contributed by atoms with Gasteiger partial charge in [0.2, 0.25) is 0 Å². The molecule has 42 heavy (non-hydrogen) atoms. The number of ether oxygens (including phenoxy) is 4. The molecule has 4 atom stereocenters. The summed E-state index contributed by atoms with van der Waals surface area (Å²) in [6, 6.07) is 26.8. The number of benzene rings is 3. The number of nitrogens with zero attached hydrogens (tertiary/aromatic N) is 2. The SMILES string of the molecule is O=C(OC[C@H]1O[C@H](n2ccc(=O)n(COCc3ccccc3)c2=O)[C@@H](O)[C@@H]1OC(=O)c1ccccc1)c1ccccc1. The van der Waals surface area contributed by atoms with Crippen LogP contribution in [0.15, 0.2) is 113 Å². The van der Waals surface area contributed by atoms with Gasteiger partial charge in [-0.25, -0.2) is 19.0 Å². The van der Waals surface area contributed by atoms with Crippen LogP contribution in [0.2, 0.25) is 0 Å². The number of aromatic nitrogens is 2. The van der Waals surface area contributed by atoms with Gasteiger partial charge in [0.05, 0.1) is 17.7 Å². The highest BCUT2D eigenvalue weighted by atomic mass is 16.6. The summed E-state index contributed by atoms with van der Waals surface area (Å²) in [6.07, 6.45) is -4.18. The predicted molar refractivity (Wildman–Crippen MR) is 148 cm³/mol. The monoisotopic (exact) mass is 572 g/mol. The molecule has 1 aliphatic rings. The van der Waals surface area contributed by atoms with E-state index < -0.39 is 47.7 Å². The lowest BCUT2D eigenvalue weighted by molar-refractivity contribution is -0.0626. The second kappa shape index (κ2) is 13.2. The minimum atomic E-state index is -1.55. The van der Waals surface area contributed by atoms with Crippen molar-refractivity contribution in [2.24, 2.45) is 0 Å². The average Bonchev–Trinajstić information content (AvgIpc) is 3.33. The van der Waals surface area contributed by atoms with Crippen molar-refractivity contribution in [1.82, 2.24) is 9.13 Å². The molecule has 1 aromatic heterocycles. The summed E-state index contributed by atoms with van der Waals surface area (Å²) in [7, 11) is 0. The van der Waals surface area contributed by atoms with Gasteiger partial charge in [0.1, 0.15) is 25.5 Å². The van der Waals surface area contributed by atoms with E-state index in [1.165, 1.54) is 6.20 Å². The number of aliphatic hydroxyl groups is 1. The van der Waals surface area contributed by atoms with Crippen molar-refractivity contribution in [1.29, 1.82) is 0 Å². The maximum Gasteiger partial charge on any atom is 0.338 e. The third-order valence-corrected chi connectivity index (χ3v) is 6.65. The van der Waals surface area contributed by atoms with E-state index in [-0.39, 0.29) is 25.5 Å². The van der Waals surface area contributed by atoms with Gasteiger partial charge in [0.25, 0.3) is 5.56 Å². The van der Waals surface area contributed by atoms with Crippen molar-refractivity contribution in [2.75, 3.05) is 6.61 Å². The largest absolute Gasteiger partial charge is 0.459 e. The van der Waals surface area contributed by atoms with Crippen LogP contribution in [0, 0.1) is 0 Å². The Kier molecular flexibility index (Phi) is 9.02. The molecule has 0 saturated carbocycles. The normalized spacial score (nSPS) is 19.7. The molecule has 3 aromatic carbocycles. The fraction of sp³-hybridized carbons (Fsp3) is 0.226. The number of carbonyl (C=O) groups excluding carboxylic acids is 2. The zero-order valence-electron chi connectivity index (χ0n) is 22.4. The topological polar surface area (TPSA) is 135 Å². The first-order chi connectivity index (χ1) is 20.4. The lowest BCUT2D eigenvalue weighted by Gasteiger charge is -2.21. The van der Waals surface area contributed by atoms with E-state index in [9.17, 15) is 24.3 Å². The van der Waals surface area contributed by atoms with E-state index in [4.69, 9.17) is 18.9 Å². The van der Waals surface area contributed by atoms with Crippen LogP contribution in [0.4, 0.5) is 0 Å². The maximum absolute atomic E-state index is 13.3. The summed E-state index contributed by atoms with van der Waals surface area (Å²) in [6.45, 7) is -0.570. The summed E-state index contributed by atoms with van der Waals surface area (Å²) in [4.78, 5) is 51.3. The molecule has 1 saturated heterocycles. The van der Waals surface area contributed by atoms with E-state index in [2.05, 4.69) is 0 Å². The molecule has 1 N–H and O–H groups in total. The third kappa shape index (κ3) is 6.55. The standard InChI is InChI=1S/C31H28N2O9/c34-25-16-17-32(31(38)33(25)20-39-18-21-10-4-1-5-11-21)28-26(35)27(42-30(37)23-14-8-3-9-15-23)24(41-28)19-40-29(36)22-12-6-2-7-13-22/h1-17,24,26-28,35H,18-20H2/t24-,26+,27-,28+/m1/s1. The predicted octanol–water partition coefficient (Wildman–Crippen LogP) is 2.53. The summed E-state index contributed by atoms with van der Waals surface area (Å²) in [5.41, 5.74) is -0.0436. The van der Waals surface area contributed by atoms with Crippen LogP contribution in [0.1, 0.15) is 32.5 Å². The van der Waals surface area contributed by atoms with E-state index in [0.717, 1.165) is 20.8 Å². The lowest BCUT2D eigenvalue weighted by atomic mass is 10.1. The molecule has 0 bridgehead atoms. The molecule has 0 aliphatic carbocycles. The minimum absolute atomic E-state index is 0.163. The maximum atomic E-state index is 13.3. The summed E-state index contributed by atoms with van der Waals surface area (Å²) in [5.74, 6) is -1.39. The second-order valence-corrected chi connectivity index (χ2v) is 9.49. The van der Waals surface area contributed by atoms with Gasteiger partial charge >= 0.3 is 17.6 Å². The van der Waals surface area contributed by atoms with Crippen LogP contribution < -0.4 is 11.2 Å². The fourth-order valence-corrected chi connectivity index (χ4v) is 4.48. The van der Waals surface area contributed by atoms with Gasteiger partial charge in [0.15, 0.2) is 12.3 Å². The Hall–Kier alpha value is -4.84. The third-order valence-electron chi connectivity index (χ3n) is 6.65. The van der Waals surface area contributed by atoms with Crippen molar-refractivity contribution in [3.05, 3.63) is 141 Å². The lowest BCUT2D eigenvalue weighted by Crippen LogP contribution is -2.44. The van der Waals surface area contributed by atoms with Crippen LogP contribution in [-0.2, 0) is 32.3 Å². The number of carbonyl (C=O) groups is 2. The average molecular weight is 573 g/mol. The molecule has 4 aromatic rings. The van der Waals surface area contributed by atoms with Gasteiger partial charge in [-0.2, -0.15) is 0 Å². The van der Waals surface area contributed by atoms with Crippen molar-refractivity contribution in [3.63, 3.8) is 0 Å². The molecule has 0 radical (unpaired) electrons. The highest BCUT2D eigenvalue weighted by Crippen LogP contribution is 2.31. The Balaban J connectivity index is 1.36. The first-order valence-electron chi connectivity index (χ1n) is 13.2. The Morgan fingerprint density at radius 2 is 1.40 bits per heavy atom. The number of hydrogen-bond acceptors (Lipinski definition) is 9. The first-order valence-corrected chi connectivity index (χ1v) is 13.2. The number of rotatable bonds is 10. The van der Waals surface area contributed by atoms with E-state index in [0.29, 0.717) is 5.56 Å². The van der Waals surface area contributed by atoms with Crippen molar-refractivity contribution < 1.29 is 33.6 Å². The highest BCUT2D eigenvalue weighted by Gasteiger charge is 2.48. The van der Waals surface area contributed by atoms with Gasteiger partial charge in [-0.05, 0) is 29.8 Å². The van der Waals surface area contributed by atoms with Gasteiger partial charge in [-0.1, -0.05) is 66.7 Å². The molecular weight excluding hydrogens is 544 g/mol. The Morgan fingerprint density at radius 3 is 2.05 bits per heavy atom. The smallest absolute Gasteiger partial charge is 0.338 e. The second-order valence-electron chi connectivity index (χ2n) is 9.49. The molecule has 1 fully saturated rings. The molecule has 0 spiro atoms. The Bertz CT molecular complexity index is 1620. The summed E-state index contributed by atoms with van der Waals surface area (Å²) >= 11 is 0. The van der Waals surface area contributed by atoms with Crippen LogP contribution >= 0.6 is 0 Å².